The number of nitrogens with two attached hydrogens (primary N) is 1. The zero-order chi connectivity index (χ0) is 11.5. The van der Waals surface area contributed by atoms with Gasteiger partial charge in [-0.15, -0.1) is 0 Å². The van der Waals surface area contributed by atoms with Gasteiger partial charge in [0.25, 0.3) is 0 Å². The van der Waals surface area contributed by atoms with Crippen LogP contribution in [-0.2, 0) is 4.74 Å². The fourth-order valence-corrected chi connectivity index (χ4v) is 2.07. The van der Waals surface area contributed by atoms with E-state index in [0.717, 1.165) is 32.0 Å². The van der Waals surface area contributed by atoms with E-state index in [4.69, 9.17) is 26.8 Å². The first kappa shape index (κ1) is 11.4. The summed E-state index contributed by atoms with van der Waals surface area (Å²) in [4.78, 5) is 2.17. The number of anilines is 2. The fraction of sp³-hybridized carbons (Fsp3) is 0.455. The molecule has 4 nitrogen and oxygen atoms in total. The third-order valence-electron chi connectivity index (χ3n) is 2.65. The predicted octanol–water partition coefficient (Wildman–Crippen LogP) is 1.77. The number of nitrogens with zero attached hydrogens (tertiary/aromatic N) is 1. The van der Waals surface area contributed by atoms with Gasteiger partial charge in [-0.3, -0.25) is 0 Å². The van der Waals surface area contributed by atoms with Crippen molar-refractivity contribution in [1.29, 1.82) is 0 Å². The SMILES string of the molecule is COc1cc(N2CCOCC2)c(Cl)cc1N. The molecule has 5 heteroatoms. The topological polar surface area (TPSA) is 47.7 Å². The summed E-state index contributed by atoms with van der Waals surface area (Å²) in [6.07, 6.45) is 0. The summed E-state index contributed by atoms with van der Waals surface area (Å²) >= 11 is 6.17. The summed E-state index contributed by atoms with van der Waals surface area (Å²) in [5, 5.41) is 0.653. The Morgan fingerprint density at radius 1 is 1.38 bits per heavy atom. The van der Waals surface area contributed by atoms with Crippen molar-refractivity contribution in [2.24, 2.45) is 0 Å². The molecule has 0 aromatic heterocycles. The lowest BCUT2D eigenvalue weighted by atomic mass is 10.2. The fourth-order valence-electron chi connectivity index (χ4n) is 1.78. The molecule has 1 saturated heterocycles. The summed E-state index contributed by atoms with van der Waals surface area (Å²) < 4.78 is 10.5. The smallest absolute Gasteiger partial charge is 0.143 e. The number of hydrogen-bond acceptors (Lipinski definition) is 4. The molecule has 1 fully saturated rings. The van der Waals surface area contributed by atoms with Crippen LogP contribution >= 0.6 is 11.6 Å². The molecule has 0 bridgehead atoms. The minimum atomic E-state index is 0.560. The van der Waals surface area contributed by atoms with E-state index in [-0.39, 0.29) is 0 Å². The maximum atomic E-state index is 6.17. The van der Waals surface area contributed by atoms with Crippen LogP contribution in [0, 0.1) is 0 Å². The number of methoxy groups -OCH3 is 1. The summed E-state index contributed by atoms with van der Waals surface area (Å²) in [5.74, 6) is 0.658. The molecule has 0 atom stereocenters. The first-order valence-electron chi connectivity index (χ1n) is 5.18. The van der Waals surface area contributed by atoms with E-state index in [1.165, 1.54) is 0 Å². The zero-order valence-corrected chi connectivity index (χ0v) is 9.96. The van der Waals surface area contributed by atoms with Crippen molar-refractivity contribution in [1.82, 2.24) is 0 Å². The van der Waals surface area contributed by atoms with Crippen LogP contribution < -0.4 is 15.4 Å². The molecule has 0 radical (unpaired) electrons. The number of rotatable bonds is 2. The highest BCUT2D eigenvalue weighted by Gasteiger charge is 2.16. The van der Waals surface area contributed by atoms with E-state index in [1.807, 2.05) is 6.07 Å². The maximum Gasteiger partial charge on any atom is 0.143 e. The molecule has 1 aliphatic heterocycles. The van der Waals surface area contributed by atoms with Crippen molar-refractivity contribution in [2.45, 2.75) is 0 Å². The molecule has 16 heavy (non-hydrogen) atoms. The van der Waals surface area contributed by atoms with Crippen molar-refractivity contribution >= 4 is 23.0 Å². The number of hydrogen-bond donors (Lipinski definition) is 1. The van der Waals surface area contributed by atoms with Crippen LogP contribution in [0.25, 0.3) is 0 Å². The Morgan fingerprint density at radius 2 is 2.06 bits per heavy atom. The van der Waals surface area contributed by atoms with E-state index in [2.05, 4.69) is 4.90 Å². The average molecular weight is 243 g/mol. The average Bonchev–Trinajstić information content (AvgIpc) is 2.30. The summed E-state index contributed by atoms with van der Waals surface area (Å²) in [7, 11) is 1.60. The first-order valence-corrected chi connectivity index (χ1v) is 5.56. The summed E-state index contributed by atoms with van der Waals surface area (Å²) in [6, 6.07) is 3.61. The van der Waals surface area contributed by atoms with Gasteiger partial charge in [-0.1, -0.05) is 11.6 Å². The second-order valence-corrected chi connectivity index (χ2v) is 4.05. The Morgan fingerprint density at radius 3 is 2.69 bits per heavy atom. The van der Waals surface area contributed by atoms with Gasteiger partial charge in [0.05, 0.1) is 36.7 Å². The molecule has 0 aliphatic carbocycles. The minimum absolute atomic E-state index is 0.560. The summed E-state index contributed by atoms with van der Waals surface area (Å²) in [6.45, 7) is 3.13. The Balaban J connectivity index is 2.31. The van der Waals surface area contributed by atoms with Crippen LogP contribution in [0.1, 0.15) is 0 Å². The molecule has 1 aromatic rings. The first-order chi connectivity index (χ1) is 7.72. The Bertz CT molecular complexity index is 378. The van der Waals surface area contributed by atoms with Crippen LogP contribution in [0.15, 0.2) is 12.1 Å². The van der Waals surface area contributed by atoms with Gasteiger partial charge in [0.15, 0.2) is 0 Å². The molecule has 0 amide bonds. The Kier molecular flexibility index (Phi) is 3.41. The van der Waals surface area contributed by atoms with Crippen LogP contribution in [0.5, 0.6) is 5.75 Å². The van der Waals surface area contributed by atoms with Crippen molar-refractivity contribution in [3.63, 3.8) is 0 Å². The van der Waals surface area contributed by atoms with Crippen LogP contribution in [0.4, 0.5) is 11.4 Å². The van der Waals surface area contributed by atoms with E-state index in [9.17, 15) is 0 Å². The molecule has 88 valence electrons. The maximum absolute atomic E-state index is 6.17. The molecule has 0 saturated carbocycles. The third kappa shape index (κ3) is 2.18. The molecule has 2 N–H and O–H groups in total. The van der Waals surface area contributed by atoms with Crippen molar-refractivity contribution < 1.29 is 9.47 Å². The highest BCUT2D eigenvalue weighted by molar-refractivity contribution is 6.33. The van der Waals surface area contributed by atoms with E-state index in [0.29, 0.717) is 16.5 Å². The molecule has 2 rings (SSSR count). The van der Waals surface area contributed by atoms with E-state index in [1.54, 1.807) is 13.2 Å². The lowest BCUT2D eigenvalue weighted by molar-refractivity contribution is 0.122. The van der Waals surface area contributed by atoms with Crippen LogP contribution in [0.2, 0.25) is 5.02 Å². The molecule has 1 aromatic carbocycles. The number of ether oxygens (including phenoxy) is 2. The standard InChI is InChI=1S/C11H15ClN2O2/c1-15-11-7-10(8(12)6-9(11)13)14-2-4-16-5-3-14/h6-7H,2-5,13H2,1H3. The normalized spacial score (nSPS) is 16.2. The second kappa shape index (κ2) is 4.80. The van der Waals surface area contributed by atoms with Gasteiger partial charge in [-0.2, -0.15) is 0 Å². The highest BCUT2D eigenvalue weighted by atomic mass is 35.5. The summed E-state index contributed by atoms with van der Waals surface area (Å²) in [5.41, 5.74) is 7.29. The number of halogens is 1. The largest absolute Gasteiger partial charge is 0.495 e. The Labute approximate surface area is 99.9 Å². The van der Waals surface area contributed by atoms with Crippen molar-refractivity contribution in [3.8, 4) is 5.75 Å². The Hall–Kier alpha value is -1.13. The van der Waals surface area contributed by atoms with Crippen LogP contribution in [-0.4, -0.2) is 33.4 Å². The van der Waals surface area contributed by atoms with Gasteiger partial charge >= 0.3 is 0 Å². The molecular formula is C11H15ClN2O2. The molecular weight excluding hydrogens is 228 g/mol. The van der Waals surface area contributed by atoms with Crippen LogP contribution in [0.3, 0.4) is 0 Å². The molecule has 1 aliphatic rings. The van der Waals surface area contributed by atoms with Gasteiger partial charge in [0.2, 0.25) is 0 Å². The van der Waals surface area contributed by atoms with E-state index >= 15 is 0 Å². The van der Waals surface area contributed by atoms with Crippen molar-refractivity contribution in [2.75, 3.05) is 44.0 Å². The van der Waals surface area contributed by atoms with Gasteiger partial charge < -0.3 is 20.1 Å². The molecule has 0 spiro atoms. The van der Waals surface area contributed by atoms with Gasteiger partial charge in [-0.05, 0) is 6.07 Å². The van der Waals surface area contributed by atoms with E-state index < -0.39 is 0 Å². The zero-order valence-electron chi connectivity index (χ0n) is 9.20. The molecule has 0 unspecified atom stereocenters. The quantitative estimate of drug-likeness (QED) is 0.803. The number of nitrogen functional groups attached to an aromatic ring is 1. The minimum Gasteiger partial charge on any atom is -0.495 e. The second-order valence-electron chi connectivity index (χ2n) is 3.64. The predicted molar refractivity (Wildman–Crippen MR) is 65.4 cm³/mol. The number of benzene rings is 1. The lowest BCUT2D eigenvalue weighted by Gasteiger charge is -2.30. The number of morpholine rings is 1. The monoisotopic (exact) mass is 242 g/mol. The van der Waals surface area contributed by atoms with Crippen molar-refractivity contribution in [3.05, 3.63) is 17.2 Å². The van der Waals surface area contributed by atoms with Gasteiger partial charge in [-0.25, -0.2) is 0 Å². The third-order valence-corrected chi connectivity index (χ3v) is 2.95. The highest BCUT2D eigenvalue weighted by Crippen LogP contribution is 2.35. The lowest BCUT2D eigenvalue weighted by Crippen LogP contribution is -2.36. The van der Waals surface area contributed by atoms with Gasteiger partial charge in [0, 0.05) is 19.2 Å². The molecule has 1 heterocycles. The van der Waals surface area contributed by atoms with Gasteiger partial charge in [0.1, 0.15) is 5.75 Å².